The number of likely N-dealkylation sites (tertiary alicyclic amines) is 1. The number of carbonyl (C=O) groups excluding carboxylic acids is 2. The Labute approximate surface area is 156 Å². The fourth-order valence-electron chi connectivity index (χ4n) is 3.27. The maximum Gasteiger partial charge on any atom is 0.316 e. The first-order valence-electron chi connectivity index (χ1n) is 8.72. The van der Waals surface area contributed by atoms with Crippen molar-refractivity contribution in [2.75, 3.05) is 13.7 Å². The Bertz CT molecular complexity index is 979. The molecule has 1 unspecified atom stereocenters. The third kappa shape index (κ3) is 3.65. The number of benzene rings is 2. The monoisotopic (exact) mass is 365 g/mol. The summed E-state index contributed by atoms with van der Waals surface area (Å²) in [7, 11) is 1.61. The first-order valence-corrected chi connectivity index (χ1v) is 8.72. The maximum atomic E-state index is 12.5. The molecule has 0 bridgehead atoms. The maximum absolute atomic E-state index is 12.5. The van der Waals surface area contributed by atoms with Gasteiger partial charge in [0.25, 0.3) is 0 Å². The van der Waals surface area contributed by atoms with Crippen LogP contribution in [0.5, 0.6) is 11.5 Å². The number of carbonyl (C=O) groups is 2. The van der Waals surface area contributed by atoms with Crippen LogP contribution in [-0.4, -0.2) is 30.4 Å². The van der Waals surface area contributed by atoms with E-state index in [9.17, 15) is 9.59 Å². The number of ether oxygens (including phenoxy) is 2. The summed E-state index contributed by atoms with van der Waals surface area (Å²) in [6.45, 7) is 0.700. The first-order chi connectivity index (χ1) is 13.1. The van der Waals surface area contributed by atoms with Gasteiger partial charge in [0, 0.05) is 13.0 Å². The molecule has 3 aromatic rings. The average molecular weight is 365 g/mol. The van der Waals surface area contributed by atoms with Gasteiger partial charge in [-0.2, -0.15) is 0 Å². The molecule has 1 saturated heterocycles. The van der Waals surface area contributed by atoms with Gasteiger partial charge in [-0.3, -0.25) is 9.59 Å². The summed E-state index contributed by atoms with van der Waals surface area (Å²) in [4.78, 5) is 26.3. The Kier molecular flexibility index (Phi) is 4.54. The number of rotatable bonds is 5. The molecule has 1 aromatic heterocycles. The van der Waals surface area contributed by atoms with Crippen molar-refractivity contribution in [1.82, 2.24) is 4.90 Å². The highest BCUT2D eigenvalue weighted by molar-refractivity contribution is 5.89. The van der Waals surface area contributed by atoms with E-state index in [4.69, 9.17) is 13.9 Å². The highest BCUT2D eigenvalue weighted by Gasteiger charge is 2.36. The Morgan fingerprint density at radius 3 is 2.67 bits per heavy atom. The van der Waals surface area contributed by atoms with E-state index in [1.165, 1.54) is 0 Å². The zero-order valence-corrected chi connectivity index (χ0v) is 14.9. The Hall–Kier alpha value is -3.28. The molecule has 1 fully saturated rings. The van der Waals surface area contributed by atoms with Gasteiger partial charge < -0.3 is 18.8 Å². The molecule has 2 heterocycles. The summed E-state index contributed by atoms with van der Waals surface area (Å²) in [6.07, 6.45) is 1.72. The summed E-state index contributed by atoms with van der Waals surface area (Å²) in [5.74, 6) is 0.942. The lowest BCUT2D eigenvalue weighted by molar-refractivity contribution is -0.139. The van der Waals surface area contributed by atoms with Crippen LogP contribution in [0.3, 0.4) is 0 Å². The molecular weight excluding hydrogens is 346 g/mol. The first kappa shape index (κ1) is 17.1. The molecule has 0 saturated carbocycles. The molecule has 0 aliphatic carbocycles. The van der Waals surface area contributed by atoms with Crippen LogP contribution >= 0.6 is 0 Å². The van der Waals surface area contributed by atoms with E-state index in [-0.39, 0.29) is 12.3 Å². The van der Waals surface area contributed by atoms with Crippen LogP contribution in [0.15, 0.2) is 59.2 Å². The van der Waals surface area contributed by atoms with Crippen LogP contribution in [0.25, 0.3) is 10.8 Å². The summed E-state index contributed by atoms with van der Waals surface area (Å²) in [5.41, 5.74) is 0. The van der Waals surface area contributed by atoms with Crippen molar-refractivity contribution in [3.8, 4) is 11.5 Å². The summed E-state index contributed by atoms with van der Waals surface area (Å²) >= 11 is 0. The van der Waals surface area contributed by atoms with Crippen molar-refractivity contribution in [2.24, 2.45) is 5.92 Å². The van der Waals surface area contributed by atoms with Crippen LogP contribution in [0, 0.1) is 5.92 Å². The molecule has 27 heavy (non-hydrogen) atoms. The number of nitrogens with zero attached hydrogens (tertiary/aromatic N) is 1. The minimum Gasteiger partial charge on any atom is -0.497 e. The topological polar surface area (TPSA) is 69.0 Å². The summed E-state index contributed by atoms with van der Waals surface area (Å²) in [6, 6.07) is 14.7. The van der Waals surface area contributed by atoms with Crippen LogP contribution in [-0.2, 0) is 16.1 Å². The van der Waals surface area contributed by atoms with Crippen LogP contribution in [0.1, 0.15) is 12.2 Å². The number of methoxy groups -OCH3 is 1. The van der Waals surface area contributed by atoms with E-state index in [1.54, 1.807) is 36.5 Å². The van der Waals surface area contributed by atoms with Crippen molar-refractivity contribution in [3.05, 3.63) is 60.6 Å². The number of hydrogen-bond acceptors (Lipinski definition) is 5. The van der Waals surface area contributed by atoms with Gasteiger partial charge in [0.1, 0.15) is 17.3 Å². The number of hydrogen-bond donors (Lipinski definition) is 0. The van der Waals surface area contributed by atoms with E-state index < -0.39 is 11.9 Å². The molecule has 0 radical (unpaired) electrons. The van der Waals surface area contributed by atoms with Crippen LogP contribution < -0.4 is 9.47 Å². The quantitative estimate of drug-likeness (QED) is 0.512. The van der Waals surface area contributed by atoms with E-state index in [0.29, 0.717) is 24.6 Å². The number of amides is 1. The number of fused-ring (bicyclic) bond motifs is 1. The van der Waals surface area contributed by atoms with E-state index in [1.807, 2.05) is 30.3 Å². The lowest BCUT2D eigenvalue weighted by atomic mass is 10.1. The van der Waals surface area contributed by atoms with Crippen molar-refractivity contribution in [2.45, 2.75) is 13.0 Å². The molecule has 1 amide bonds. The van der Waals surface area contributed by atoms with Crippen molar-refractivity contribution < 1.29 is 23.5 Å². The third-order valence-electron chi connectivity index (χ3n) is 4.71. The molecule has 1 atom stereocenters. The van der Waals surface area contributed by atoms with Crippen LogP contribution in [0.4, 0.5) is 0 Å². The fraction of sp³-hybridized carbons (Fsp3) is 0.238. The molecule has 138 valence electrons. The van der Waals surface area contributed by atoms with Gasteiger partial charge in [-0.1, -0.05) is 12.1 Å². The van der Waals surface area contributed by atoms with E-state index in [0.717, 1.165) is 16.5 Å². The lowest BCUT2D eigenvalue weighted by Gasteiger charge is -2.14. The zero-order chi connectivity index (χ0) is 18.8. The smallest absolute Gasteiger partial charge is 0.316 e. The van der Waals surface area contributed by atoms with Crippen molar-refractivity contribution in [3.63, 3.8) is 0 Å². The van der Waals surface area contributed by atoms with Gasteiger partial charge >= 0.3 is 5.97 Å². The second-order valence-corrected chi connectivity index (χ2v) is 6.55. The minimum absolute atomic E-state index is 0.0726. The predicted molar refractivity (Wildman–Crippen MR) is 98.4 cm³/mol. The largest absolute Gasteiger partial charge is 0.497 e. The summed E-state index contributed by atoms with van der Waals surface area (Å²) in [5, 5.41) is 1.94. The van der Waals surface area contributed by atoms with Crippen molar-refractivity contribution in [1.29, 1.82) is 0 Å². The molecule has 6 heteroatoms. The van der Waals surface area contributed by atoms with Gasteiger partial charge in [-0.25, -0.2) is 0 Å². The van der Waals surface area contributed by atoms with Gasteiger partial charge in [0.2, 0.25) is 5.91 Å². The van der Waals surface area contributed by atoms with Gasteiger partial charge in [-0.15, -0.1) is 0 Å². The van der Waals surface area contributed by atoms with Crippen LogP contribution in [0.2, 0.25) is 0 Å². The second-order valence-electron chi connectivity index (χ2n) is 6.55. The zero-order valence-electron chi connectivity index (χ0n) is 14.9. The highest BCUT2D eigenvalue weighted by Crippen LogP contribution is 2.27. The molecule has 0 spiro atoms. The average Bonchev–Trinajstić information content (AvgIpc) is 3.31. The Balaban J connectivity index is 1.44. The fourth-order valence-corrected chi connectivity index (χ4v) is 3.27. The number of furan rings is 1. The molecule has 4 rings (SSSR count). The predicted octanol–water partition coefficient (Wildman–Crippen LogP) is 3.40. The van der Waals surface area contributed by atoms with Gasteiger partial charge in [0.05, 0.1) is 25.8 Å². The van der Waals surface area contributed by atoms with E-state index >= 15 is 0 Å². The minimum atomic E-state index is -0.478. The molecule has 1 aliphatic heterocycles. The van der Waals surface area contributed by atoms with Gasteiger partial charge in [0.15, 0.2) is 0 Å². The Morgan fingerprint density at radius 2 is 1.93 bits per heavy atom. The Morgan fingerprint density at radius 1 is 1.15 bits per heavy atom. The standard InChI is InChI=1S/C21H19NO5/c1-25-17-6-4-14-5-7-18(10-15(14)9-17)27-21(24)16-11-20(23)22(12-16)13-19-3-2-8-26-19/h2-10,16H,11-13H2,1H3. The van der Waals surface area contributed by atoms with Gasteiger partial charge in [-0.05, 0) is 47.2 Å². The lowest BCUT2D eigenvalue weighted by Crippen LogP contribution is -2.27. The molecule has 0 N–H and O–H groups in total. The second kappa shape index (κ2) is 7.15. The summed E-state index contributed by atoms with van der Waals surface area (Å²) < 4.78 is 16.0. The SMILES string of the molecule is COc1ccc2ccc(OC(=O)C3CC(=O)N(Cc4ccco4)C3)cc2c1. The van der Waals surface area contributed by atoms with E-state index in [2.05, 4.69) is 0 Å². The highest BCUT2D eigenvalue weighted by atomic mass is 16.5. The van der Waals surface area contributed by atoms with Crippen molar-refractivity contribution >= 4 is 22.6 Å². The molecule has 6 nitrogen and oxygen atoms in total. The molecule has 2 aromatic carbocycles. The third-order valence-corrected chi connectivity index (χ3v) is 4.71. The normalized spacial score (nSPS) is 16.7. The molecule has 1 aliphatic rings. The number of esters is 1. The molecular formula is C21H19NO5.